The zero-order valence-corrected chi connectivity index (χ0v) is 39.0. The molecular formula is C48H85O13P. The average Bonchev–Trinajstić information content (AvgIpc) is 3.25. The minimum Gasteiger partial charge on any atom is -0.462 e. The predicted molar refractivity (Wildman–Crippen MR) is 244 cm³/mol. The molecule has 14 heteroatoms. The van der Waals surface area contributed by atoms with Gasteiger partial charge in [0.1, 0.15) is 43.2 Å². The maximum absolute atomic E-state index is 12.8. The molecule has 0 heterocycles. The summed E-state index contributed by atoms with van der Waals surface area (Å²) in [5.74, 6) is -1.10. The van der Waals surface area contributed by atoms with Gasteiger partial charge >= 0.3 is 19.8 Å². The standard InChI is InChI=1S/C48H85O13P/c1-3-5-7-9-11-13-15-16-17-18-19-20-21-22-23-24-25-26-27-29-31-33-35-37-42(50)60-40(38-58-41(49)36-34-32-30-28-14-12-10-8-6-4-2)39-59-62(56,57)61-48-46(54)44(52)43(51)45(53)47(48)55/h5,7,11,13,16-17,19-20,40,43-48,51-55H,3-4,6,8-10,12,14-15,18,21-39H2,1-2H3,(H,56,57)/b7-5-,13-11-,17-16-,20-19-. The van der Waals surface area contributed by atoms with Crippen LogP contribution < -0.4 is 0 Å². The molecule has 1 saturated carbocycles. The molecule has 1 aliphatic rings. The highest BCUT2D eigenvalue weighted by Gasteiger charge is 2.51. The van der Waals surface area contributed by atoms with Crippen molar-refractivity contribution in [2.24, 2.45) is 0 Å². The lowest BCUT2D eigenvalue weighted by atomic mass is 9.85. The number of aliphatic hydroxyl groups excluding tert-OH is 5. The van der Waals surface area contributed by atoms with Gasteiger partial charge in [-0.3, -0.25) is 18.6 Å². The number of aliphatic hydroxyl groups is 5. The molecule has 0 aliphatic heterocycles. The molecule has 6 N–H and O–H groups in total. The molecule has 1 fully saturated rings. The van der Waals surface area contributed by atoms with Crippen molar-refractivity contribution in [2.45, 2.75) is 230 Å². The summed E-state index contributed by atoms with van der Waals surface area (Å²) in [6, 6.07) is 0. The van der Waals surface area contributed by atoms with Crippen LogP contribution in [0.25, 0.3) is 0 Å². The summed E-state index contributed by atoms with van der Waals surface area (Å²) in [7, 11) is -5.12. The Morgan fingerprint density at radius 2 is 0.919 bits per heavy atom. The van der Waals surface area contributed by atoms with Gasteiger partial charge in [-0.05, 0) is 51.4 Å². The van der Waals surface area contributed by atoms with E-state index in [-0.39, 0.29) is 12.8 Å². The fourth-order valence-electron chi connectivity index (χ4n) is 7.10. The van der Waals surface area contributed by atoms with E-state index in [0.717, 1.165) is 77.0 Å². The first-order chi connectivity index (χ1) is 29.9. The molecule has 1 rings (SSSR count). The molecule has 1 aliphatic carbocycles. The number of hydrogen-bond acceptors (Lipinski definition) is 12. The van der Waals surface area contributed by atoms with Crippen molar-refractivity contribution in [1.29, 1.82) is 0 Å². The molecule has 0 saturated heterocycles. The van der Waals surface area contributed by atoms with Crippen LogP contribution in [0.1, 0.15) is 187 Å². The molecule has 360 valence electrons. The third-order valence-electron chi connectivity index (χ3n) is 10.9. The molecule has 0 aromatic carbocycles. The minimum atomic E-state index is -5.12. The SMILES string of the molecule is CC/C=C\C/C=C\C/C=C\C/C=C\CCCCCCCCCCCCC(=O)OC(COC(=O)CCCCCCCCCCCC)COP(=O)(O)OC1C(O)C(O)C(O)C(O)C1O. The minimum absolute atomic E-state index is 0.0914. The van der Waals surface area contributed by atoms with Crippen molar-refractivity contribution in [2.75, 3.05) is 13.2 Å². The first kappa shape index (κ1) is 57.8. The van der Waals surface area contributed by atoms with Gasteiger partial charge in [0.25, 0.3) is 0 Å². The normalized spacial score (nSPS) is 22.3. The van der Waals surface area contributed by atoms with Crippen molar-refractivity contribution in [3.05, 3.63) is 48.6 Å². The maximum atomic E-state index is 12.8. The van der Waals surface area contributed by atoms with E-state index in [0.29, 0.717) is 12.8 Å². The van der Waals surface area contributed by atoms with Gasteiger partial charge in [0.05, 0.1) is 6.61 Å². The van der Waals surface area contributed by atoms with Gasteiger partial charge in [-0.2, -0.15) is 0 Å². The number of hydrogen-bond donors (Lipinski definition) is 6. The second kappa shape index (κ2) is 38.1. The van der Waals surface area contributed by atoms with Crippen LogP contribution in [0, 0.1) is 0 Å². The summed E-state index contributed by atoms with van der Waals surface area (Å²) in [6.45, 7) is 3.17. The van der Waals surface area contributed by atoms with Gasteiger partial charge < -0.3 is 39.9 Å². The van der Waals surface area contributed by atoms with Crippen molar-refractivity contribution in [3.8, 4) is 0 Å². The zero-order valence-electron chi connectivity index (χ0n) is 38.2. The maximum Gasteiger partial charge on any atom is 0.472 e. The molecule has 62 heavy (non-hydrogen) atoms. The molecule has 0 aromatic heterocycles. The molecular weight excluding hydrogens is 815 g/mol. The van der Waals surface area contributed by atoms with E-state index in [2.05, 4.69) is 62.5 Å². The molecule has 0 spiro atoms. The Kier molecular flexibility index (Phi) is 35.5. The molecule has 0 bridgehead atoms. The van der Waals surface area contributed by atoms with E-state index in [4.69, 9.17) is 18.5 Å². The third kappa shape index (κ3) is 30.0. The number of carbonyl (C=O) groups is 2. The Hall–Kier alpha value is -2.19. The van der Waals surface area contributed by atoms with Crippen LogP contribution in [0.2, 0.25) is 0 Å². The van der Waals surface area contributed by atoms with Gasteiger partial charge in [0.15, 0.2) is 6.10 Å². The van der Waals surface area contributed by atoms with Crippen molar-refractivity contribution < 1.29 is 63.1 Å². The monoisotopic (exact) mass is 901 g/mol. The number of unbranched alkanes of at least 4 members (excludes halogenated alkanes) is 19. The van der Waals surface area contributed by atoms with Crippen LogP contribution >= 0.6 is 7.82 Å². The van der Waals surface area contributed by atoms with E-state index < -0.39 is 75.7 Å². The fraction of sp³-hybridized carbons (Fsp3) is 0.792. The zero-order chi connectivity index (χ0) is 45.7. The van der Waals surface area contributed by atoms with Gasteiger partial charge in [-0.15, -0.1) is 0 Å². The number of ether oxygens (including phenoxy) is 2. The van der Waals surface area contributed by atoms with Gasteiger partial charge in [-0.25, -0.2) is 4.57 Å². The summed E-state index contributed by atoms with van der Waals surface area (Å²) >= 11 is 0. The van der Waals surface area contributed by atoms with Crippen LogP contribution in [0.15, 0.2) is 48.6 Å². The highest BCUT2D eigenvalue weighted by molar-refractivity contribution is 7.47. The Morgan fingerprint density at radius 3 is 1.40 bits per heavy atom. The van der Waals surface area contributed by atoms with Crippen LogP contribution in [-0.4, -0.2) is 98.3 Å². The molecule has 0 amide bonds. The van der Waals surface area contributed by atoms with E-state index >= 15 is 0 Å². The van der Waals surface area contributed by atoms with Crippen LogP contribution in [0.5, 0.6) is 0 Å². The lowest BCUT2D eigenvalue weighted by Gasteiger charge is -2.41. The van der Waals surface area contributed by atoms with Crippen LogP contribution in [0.3, 0.4) is 0 Å². The summed E-state index contributed by atoms with van der Waals surface area (Å²) in [5.41, 5.74) is 0. The number of phosphoric ester groups is 1. The fourth-order valence-corrected chi connectivity index (χ4v) is 8.07. The van der Waals surface area contributed by atoms with Crippen molar-refractivity contribution in [3.63, 3.8) is 0 Å². The van der Waals surface area contributed by atoms with E-state index in [1.54, 1.807) is 0 Å². The second-order valence-corrected chi connectivity index (χ2v) is 18.0. The molecule has 6 unspecified atom stereocenters. The Morgan fingerprint density at radius 1 is 0.516 bits per heavy atom. The first-order valence-electron chi connectivity index (χ1n) is 23.9. The number of allylic oxidation sites excluding steroid dienone is 8. The first-order valence-corrected chi connectivity index (χ1v) is 25.4. The van der Waals surface area contributed by atoms with E-state index in [1.807, 2.05) is 0 Å². The third-order valence-corrected chi connectivity index (χ3v) is 11.9. The highest BCUT2D eigenvalue weighted by atomic mass is 31.2. The van der Waals surface area contributed by atoms with Crippen LogP contribution in [0.4, 0.5) is 0 Å². The highest BCUT2D eigenvalue weighted by Crippen LogP contribution is 2.47. The van der Waals surface area contributed by atoms with Crippen LogP contribution in [-0.2, 0) is 32.7 Å². The Labute approximate surface area is 373 Å². The van der Waals surface area contributed by atoms with Gasteiger partial charge in [0, 0.05) is 12.8 Å². The molecule has 0 aromatic rings. The summed E-state index contributed by atoms with van der Waals surface area (Å²) in [6.07, 6.45) is 31.7. The number of phosphoric acid groups is 1. The van der Waals surface area contributed by atoms with E-state index in [9.17, 15) is 44.6 Å². The average molecular weight is 901 g/mol. The topological polar surface area (TPSA) is 210 Å². The molecule has 13 nitrogen and oxygen atoms in total. The lowest BCUT2D eigenvalue weighted by Crippen LogP contribution is -2.64. The molecule has 0 radical (unpaired) electrons. The molecule has 6 atom stereocenters. The number of esters is 2. The summed E-state index contributed by atoms with van der Waals surface area (Å²) in [5, 5.41) is 50.1. The summed E-state index contributed by atoms with van der Waals surface area (Å²) in [4.78, 5) is 35.7. The quantitative estimate of drug-likeness (QED) is 0.0147. The van der Waals surface area contributed by atoms with Crippen molar-refractivity contribution >= 4 is 19.8 Å². The summed E-state index contributed by atoms with van der Waals surface area (Å²) < 4.78 is 33.5. The van der Waals surface area contributed by atoms with Gasteiger partial charge in [-0.1, -0.05) is 172 Å². The second-order valence-electron chi connectivity index (χ2n) is 16.6. The van der Waals surface area contributed by atoms with Gasteiger partial charge in [0.2, 0.25) is 0 Å². The largest absolute Gasteiger partial charge is 0.472 e. The van der Waals surface area contributed by atoms with Crippen molar-refractivity contribution in [1.82, 2.24) is 0 Å². The Bertz CT molecular complexity index is 1270. The lowest BCUT2D eigenvalue weighted by molar-refractivity contribution is -0.220. The number of carbonyl (C=O) groups excluding carboxylic acids is 2. The van der Waals surface area contributed by atoms with E-state index in [1.165, 1.54) is 70.6 Å². The number of rotatable bonds is 39. The smallest absolute Gasteiger partial charge is 0.462 e. The Balaban J connectivity index is 2.38. The predicted octanol–water partition coefficient (Wildman–Crippen LogP) is 9.56.